The SMILES string of the molecule is O=C(NCCCCNCCO)N/N=C\c1ccc(Cl)cc1. The van der Waals surface area contributed by atoms with E-state index in [2.05, 4.69) is 21.2 Å². The molecule has 0 aliphatic heterocycles. The lowest BCUT2D eigenvalue weighted by Crippen LogP contribution is -2.33. The molecule has 1 aromatic carbocycles. The van der Waals surface area contributed by atoms with Crippen molar-refractivity contribution in [1.29, 1.82) is 0 Å². The molecule has 0 atom stereocenters. The molecular weight excluding hydrogens is 292 g/mol. The molecule has 0 bridgehead atoms. The van der Waals surface area contributed by atoms with E-state index in [-0.39, 0.29) is 12.6 Å². The highest BCUT2D eigenvalue weighted by Crippen LogP contribution is 2.07. The van der Waals surface area contributed by atoms with Crippen molar-refractivity contribution in [2.75, 3.05) is 26.2 Å². The third-order valence-corrected chi connectivity index (χ3v) is 2.86. The summed E-state index contributed by atoms with van der Waals surface area (Å²) in [7, 11) is 0. The molecule has 1 rings (SSSR count). The lowest BCUT2D eigenvalue weighted by atomic mass is 10.2. The van der Waals surface area contributed by atoms with Crippen molar-refractivity contribution in [3.8, 4) is 0 Å². The van der Waals surface area contributed by atoms with Gasteiger partial charge in [0.05, 0.1) is 12.8 Å². The van der Waals surface area contributed by atoms with Gasteiger partial charge in [-0.3, -0.25) is 0 Å². The molecule has 0 aliphatic rings. The average Bonchev–Trinajstić information content (AvgIpc) is 2.48. The van der Waals surface area contributed by atoms with Gasteiger partial charge in [0.1, 0.15) is 0 Å². The Morgan fingerprint density at radius 1 is 1.19 bits per heavy atom. The Labute approximate surface area is 129 Å². The summed E-state index contributed by atoms with van der Waals surface area (Å²) in [6, 6.07) is 6.81. The number of halogens is 1. The van der Waals surface area contributed by atoms with E-state index < -0.39 is 0 Å². The maximum atomic E-state index is 11.4. The van der Waals surface area contributed by atoms with Crippen molar-refractivity contribution in [3.63, 3.8) is 0 Å². The minimum absolute atomic E-state index is 0.145. The zero-order chi connectivity index (χ0) is 15.3. The molecule has 1 aromatic rings. The highest BCUT2D eigenvalue weighted by Gasteiger charge is 1.96. The number of unbranched alkanes of at least 4 members (excludes halogenated alkanes) is 1. The van der Waals surface area contributed by atoms with Gasteiger partial charge >= 0.3 is 6.03 Å². The fraction of sp³-hybridized carbons (Fsp3) is 0.429. The fourth-order valence-corrected chi connectivity index (χ4v) is 1.66. The van der Waals surface area contributed by atoms with Gasteiger partial charge in [0.25, 0.3) is 0 Å². The van der Waals surface area contributed by atoms with Crippen LogP contribution in [0.25, 0.3) is 0 Å². The van der Waals surface area contributed by atoms with E-state index in [0.29, 0.717) is 18.1 Å². The molecule has 0 saturated carbocycles. The first-order valence-electron chi connectivity index (χ1n) is 6.86. The maximum absolute atomic E-state index is 11.4. The number of hydrogen-bond donors (Lipinski definition) is 4. The first kappa shape index (κ1) is 17.4. The molecule has 0 saturated heterocycles. The van der Waals surface area contributed by atoms with E-state index in [4.69, 9.17) is 16.7 Å². The van der Waals surface area contributed by atoms with Crippen LogP contribution in [0.2, 0.25) is 5.02 Å². The van der Waals surface area contributed by atoms with Gasteiger partial charge in [-0.1, -0.05) is 23.7 Å². The first-order chi connectivity index (χ1) is 10.2. The number of benzene rings is 1. The molecule has 0 unspecified atom stereocenters. The van der Waals surface area contributed by atoms with Crippen molar-refractivity contribution in [1.82, 2.24) is 16.1 Å². The lowest BCUT2D eigenvalue weighted by molar-refractivity contribution is 0.241. The van der Waals surface area contributed by atoms with Crippen LogP contribution in [-0.2, 0) is 0 Å². The quantitative estimate of drug-likeness (QED) is 0.315. The maximum Gasteiger partial charge on any atom is 0.335 e. The number of hydrazone groups is 1. The van der Waals surface area contributed by atoms with Crippen LogP contribution >= 0.6 is 11.6 Å². The smallest absolute Gasteiger partial charge is 0.335 e. The zero-order valence-electron chi connectivity index (χ0n) is 11.8. The van der Waals surface area contributed by atoms with Gasteiger partial charge < -0.3 is 15.7 Å². The van der Waals surface area contributed by atoms with Crippen molar-refractivity contribution >= 4 is 23.8 Å². The third-order valence-electron chi connectivity index (χ3n) is 2.60. The molecule has 116 valence electrons. The summed E-state index contributed by atoms with van der Waals surface area (Å²) in [5.74, 6) is 0. The van der Waals surface area contributed by atoms with Crippen LogP contribution < -0.4 is 16.1 Å². The van der Waals surface area contributed by atoms with Crippen LogP contribution in [0.3, 0.4) is 0 Å². The van der Waals surface area contributed by atoms with Gasteiger partial charge in [-0.15, -0.1) is 0 Å². The number of nitrogens with one attached hydrogen (secondary N) is 3. The van der Waals surface area contributed by atoms with Crippen molar-refractivity contribution in [2.24, 2.45) is 5.10 Å². The Kier molecular flexibility index (Phi) is 9.19. The number of aliphatic hydroxyl groups is 1. The van der Waals surface area contributed by atoms with E-state index in [9.17, 15) is 4.79 Å². The molecule has 7 heteroatoms. The van der Waals surface area contributed by atoms with E-state index in [1.165, 1.54) is 0 Å². The Morgan fingerprint density at radius 3 is 2.62 bits per heavy atom. The molecule has 0 radical (unpaired) electrons. The van der Waals surface area contributed by atoms with Gasteiger partial charge in [0.15, 0.2) is 0 Å². The van der Waals surface area contributed by atoms with E-state index in [0.717, 1.165) is 24.9 Å². The second-order valence-corrected chi connectivity index (χ2v) is 4.79. The second-order valence-electron chi connectivity index (χ2n) is 4.36. The molecule has 0 fully saturated rings. The van der Waals surface area contributed by atoms with E-state index >= 15 is 0 Å². The molecule has 0 aromatic heterocycles. The summed E-state index contributed by atoms with van der Waals surface area (Å²) < 4.78 is 0. The van der Waals surface area contributed by atoms with Crippen LogP contribution in [0, 0.1) is 0 Å². The van der Waals surface area contributed by atoms with Crippen LogP contribution in [0.15, 0.2) is 29.4 Å². The number of amides is 2. The summed E-state index contributed by atoms with van der Waals surface area (Å²) in [4.78, 5) is 11.4. The summed E-state index contributed by atoms with van der Waals surface area (Å²) >= 11 is 5.77. The van der Waals surface area contributed by atoms with Crippen molar-refractivity contribution in [2.45, 2.75) is 12.8 Å². The summed E-state index contributed by atoms with van der Waals surface area (Å²) in [5, 5.41) is 18.8. The summed E-state index contributed by atoms with van der Waals surface area (Å²) in [6.45, 7) is 2.17. The van der Waals surface area contributed by atoms with Gasteiger partial charge in [-0.25, -0.2) is 10.2 Å². The first-order valence-corrected chi connectivity index (χ1v) is 7.24. The van der Waals surface area contributed by atoms with Gasteiger partial charge in [0, 0.05) is 18.1 Å². The van der Waals surface area contributed by atoms with Crippen LogP contribution in [0.1, 0.15) is 18.4 Å². The Bertz CT molecular complexity index is 437. The number of nitrogens with zero attached hydrogens (tertiary/aromatic N) is 1. The topological polar surface area (TPSA) is 85.8 Å². The zero-order valence-corrected chi connectivity index (χ0v) is 12.6. The summed E-state index contributed by atoms with van der Waals surface area (Å²) in [6.07, 6.45) is 3.36. The highest BCUT2D eigenvalue weighted by atomic mass is 35.5. The van der Waals surface area contributed by atoms with Gasteiger partial charge in [0.2, 0.25) is 0 Å². The lowest BCUT2D eigenvalue weighted by Gasteiger charge is -2.04. The third kappa shape index (κ3) is 9.01. The normalized spacial score (nSPS) is 10.8. The minimum atomic E-state index is -0.330. The minimum Gasteiger partial charge on any atom is -0.395 e. The molecule has 21 heavy (non-hydrogen) atoms. The predicted octanol–water partition coefficient (Wildman–Crippen LogP) is 1.34. The van der Waals surface area contributed by atoms with Gasteiger partial charge in [-0.2, -0.15) is 5.10 Å². The second kappa shape index (κ2) is 11.1. The van der Waals surface area contributed by atoms with Gasteiger partial charge in [-0.05, 0) is 37.1 Å². The molecule has 4 N–H and O–H groups in total. The van der Waals surface area contributed by atoms with Crippen molar-refractivity contribution < 1.29 is 9.90 Å². The molecule has 0 aliphatic carbocycles. The Balaban J connectivity index is 2.07. The number of hydrogen-bond acceptors (Lipinski definition) is 4. The molecule has 0 heterocycles. The fourth-order valence-electron chi connectivity index (χ4n) is 1.53. The Hall–Kier alpha value is -1.63. The molecular formula is C14H21ClN4O2. The monoisotopic (exact) mass is 312 g/mol. The predicted molar refractivity (Wildman–Crippen MR) is 84.8 cm³/mol. The largest absolute Gasteiger partial charge is 0.395 e. The average molecular weight is 313 g/mol. The Morgan fingerprint density at radius 2 is 1.90 bits per heavy atom. The highest BCUT2D eigenvalue weighted by molar-refractivity contribution is 6.30. The van der Waals surface area contributed by atoms with Crippen LogP contribution in [-0.4, -0.2) is 43.6 Å². The number of carbonyl (C=O) groups is 1. The number of carbonyl (C=O) groups excluding carboxylic acids is 1. The van der Waals surface area contributed by atoms with Crippen LogP contribution in [0.4, 0.5) is 4.79 Å². The standard InChI is InChI=1S/C14H21ClN4O2/c15-13-5-3-12(4-6-13)11-18-19-14(21)17-8-2-1-7-16-9-10-20/h3-6,11,16,20H,1-2,7-10H2,(H2,17,19,21)/b18-11-. The van der Waals surface area contributed by atoms with Crippen molar-refractivity contribution in [3.05, 3.63) is 34.9 Å². The molecule has 0 spiro atoms. The molecule has 6 nitrogen and oxygen atoms in total. The number of rotatable bonds is 9. The van der Waals surface area contributed by atoms with E-state index in [1.54, 1.807) is 18.3 Å². The van der Waals surface area contributed by atoms with Crippen LogP contribution in [0.5, 0.6) is 0 Å². The summed E-state index contributed by atoms with van der Waals surface area (Å²) in [5.41, 5.74) is 3.25. The van der Waals surface area contributed by atoms with E-state index in [1.807, 2.05) is 12.1 Å². The molecule has 2 amide bonds. The number of aliphatic hydroxyl groups excluding tert-OH is 1. The number of urea groups is 1.